The molecule has 0 aliphatic carbocycles. The van der Waals surface area contributed by atoms with Crippen LogP contribution in [0.15, 0.2) is 17.5 Å². The van der Waals surface area contributed by atoms with Gasteiger partial charge in [0.1, 0.15) is 0 Å². The molecule has 0 radical (unpaired) electrons. The summed E-state index contributed by atoms with van der Waals surface area (Å²) in [4.78, 5) is 4.01. The first kappa shape index (κ1) is 14.7. The third-order valence-corrected chi connectivity index (χ3v) is 4.08. The first-order chi connectivity index (χ1) is 8.13. The van der Waals surface area contributed by atoms with Gasteiger partial charge >= 0.3 is 0 Å². The highest BCUT2D eigenvalue weighted by molar-refractivity contribution is 7.09. The molecule has 1 heterocycles. The maximum atomic E-state index is 5.65. The third-order valence-electron chi connectivity index (χ3n) is 3.21. The molecule has 0 aliphatic rings. The summed E-state index contributed by atoms with van der Waals surface area (Å²) in [5.41, 5.74) is 5.65. The van der Waals surface area contributed by atoms with E-state index in [1.54, 1.807) is 0 Å². The predicted molar refractivity (Wildman–Crippen MR) is 77.3 cm³/mol. The van der Waals surface area contributed by atoms with Crippen molar-refractivity contribution in [3.63, 3.8) is 0 Å². The lowest BCUT2D eigenvalue weighted by Crippen LogP contribution is -2.31. The summed E-state index contributed by atoms with van der Waals surface area (Å²) >= 11 is 1.85. The van der Waals surface area contributed by atoms with Gasteiger partial charge < -0.3 is 5.73 Å². The van der Waals surface area contributed by atoms with Crippen LogP contribution < -0.4 is 5.73 Å². The smallest absolute Gasteiger partial charge is 0.0330 e. The van der Waals surface area contributed by atoms with Crippen molar-refractivity contribution >= 4 is 11.3 Å². The van der Waals surface area contributed by atoms with Crippen molar-refractivity contribution in [3.8, 4) is 0 Å². The van der Waals surface area contributed by atoms with Crippen molar-refractivity contribution < 1.29 is 0 Å². The third kappa shape index (κ3) is 5.66. The van der Waals surface area contributed by atoms with Crippen molar-refractivity contribution in [2.45, 2.75) is 46.2 Å². The summed E-state index contributed by atoms with van der Waals surface area (Å²) in [6.45, 7) is 9.87. The van der Waals surface area contributed by atoms with Crippen LogP contribution in [0.25, 0.3) is 0 Å². The molecule has 98 valence electrons. The molecule has 2 N–H and O–H groups in total. The highest BCUT2D eigenvalue weighted by Crippen LogP contribution is 2.15. The van der Waals surface area contributed by atoms with E-state index in [0.29, 0.717) is 12.0 Å². The lowest BCUT2D eigenvalue weighted by molar-refractivity contribution is 0.207. The minimum atomic E-state index is 0.616. The summed E-state index contributed by atoms with van der Waals surface area (Å²) in [7, 11) is 0. The number of nitrogens with two attached hydrogens (primary N) is 1. The second kappa shape index (κ2) is 7.85. The molecule has 1 aromatic rings. The Bertz CT molecular complexity index is 282. The van der Waals surface area contributed by atoms with Gasteiger partial charge in [-0.15, -0.1) is 11.3 Å². The van der Waals surface area contributed by atoms with Gasteiger partial charge in [0, 0.05) is 17.5 Å². The first-order valence-corrected chi connectivity index (χ1v) is 7.48. The van der Waals surface area contributed by atoms with E-state index in [2.05, 4.69) is 43.2 Å². The van der Waals surface area contributed by atoms with Gasteiger partial charge in [0.2, 0.25) is 0 Å². The molecule has 1 unspecified atom stereocenters. The largest absolute Gasteiger partial charge is 0.330 e. The first-order valence-electron chi connectivity index (χ1n) is 6.60. The van der Waals surface area contributed by atoms with E-state index in [-0.39, 0.29) is 0 Å². The van der Waals surface area contributed by atoms with Crippen molar-refractivity contribution in [1.82, 2.24) is 4.90 Å². The number of nitrogens with zero attached hydrogens (tertiary/aromatic N) is 1. The Labute approximate surface area is 110 Å². The monoisotopic (exact) mass is 254 g/mol. The van der Waals surface area contributed by atoms with E-state index in [1.165, 1.54) is 24.3 Å². The lowest BCUT2D eigenvalue weighted by Gasteiger charge is -2.26. The second-order valence-corrected chi connectivity index (χ2v) is 6.16. The van der Waals surface area contributed by atoms with Gasteiger partial charge in [0.15, 0.2) is 0 Å². The van der Waals surface area contributed by atoms with Crippen molar-refractivity contribution in [2.24, 2.45) is 11.7 Å². The Kier molecular flexibility index (Phi) is 6.78. The molecular weight excluding hydrogens is 228 g/mol. The molecule has 1 atom stereocenters. The molecule has 0 bridgehead atoms. The Balaban J connectivity index is 2.33. The van der Waals surface area contributed by atoms with Crippen molar-refractivity contribution in [3.05, 3.63) is 22.4 Å². The molecule has 0 aromatic carbocycles. The zero-order valence-electron chi connectivity index (χ0n) is 11.4. The van der Waals surface area contributed by atoms with Crippen LogP contribution >= 0.6 is 11.3 Å². The highest BCUT2D eigenvalue weighted by atomic mass is 32.1. The van der Waals surface area contributed by atoms with E-state index in [9.17, 15) is 0 Å². The van der Waals surface area contributed by atoms with Crippen LogP contribution in [0.1, 0.15) is 38.5 Å². The molecule has 0 saturated carbocycles. The number of hydrogen-bond acceptors (Lipinski definition) is 3. The van der Waals surface area contributed by atoms with Crippen LogP contribution in [0.5, 0.6) is 0 Å². The fraction of sp³-hybridized carbons (Fsp3) is 0.714. The summed E-state index contributed by atoms with van der Waals surface area (Å²) in [5.74, 6) is 0.658. The highest BCUT2D eigenvalue weighted by Gasteiger charge is 2.11. The zero-order valence-corrected chi connectivity index (χ0v) is 12.2. The molecule has 17 heavy (non-hydrogen) atoms. The van der Waals surface area contributed by atoms with Gasteiger partial charge in [-0.25, -0.2) is 0 Å². The van der Waals surface area contributed by atoms with Crippen molar-refractivity contribution in [1.29, 1.82) is 0 Å². The molecule has 2 nitrogen and oxygen atoms in total. The molecule has 0 saturated heterocycles. The van der Waals surface area contributed by atoms with Crippen LogP contribution in [0.3, 0.4) is 0 Å². The quantitative estimate of drug-likeness (QED) is 0.771. The SMILES string of the molecule is CC(CN)CCCN(Cc1cccs1)C(C)C. The summed E-state index contributed by atoms with van der Waals surface area (Å²) in [6.07, 6.45) is 2.49. The molecule has 0 aliphatic heterocycles. The van der Waals surface area contributed by atoms with Crippen LogP contribution in [0, 0.1) is 5.92 Å². The van der Waals surface area contributed by atoms with Crippen LogP contribution in [-0.2, 0) is 6.54 Å². The normalized spacial score (nSPS) is 13.5. The maximum Gasteiger partial charge on any atom is 0.0330 e. The number of hydrogen-bond donors (Lipinski definition) is 1. The minimum Gasteiger partial charge on any atom is -0.330 e. The average Bonchev–Trinajstić information content (AvgIpc) is 2.80. The molecule has 0 spiro atoms. The van der Waals surface area contributed by atoms with E-state index >= 15 is 0 Å². The number of rotatable bonds is 8. The Morgan fingerprint density at radius 1 is 1.35 bits per heavy atom. The minimum absolute atomic E-state index is 0.616. The lowest BCUT2D eigenvalue weighted by atomic mass is 10.1. The average molecular weight is 254 g/mol. The van der Waals surface area contributed by atoms with Gasteiger partial charge in [0.05, 0.1) is 0 Å². The maximum absolute atomic E-state index is 5.65. The fourth-order valence-corrected chi connectivity index (χ4v) is 2.61. The Morgan fingerprint density at radius 2 is 2.12 bits per heavy atom. The molecule has 1 aromatic heterocycles. The fourth-order valence-electron chi connectivity index (χ4n) is 1.88. The van der Waals surface area contributed by atoms with Crippen LogP contribution in [0.2, 0.25) is 0 Å². The van der Waals surface area contributed by atoms with Gasteiger partial charge in [-0.05, 0) is 57.1 Å². The van der Waals surface area contributed by atoms with Gasteiger partial charge in [-0.2, -0.15) is 0 Å². The van der Waals surface area contributed by atoms with E-state index < -0.39 is 0 Å². The summed E-state index contributed by atoms with van der Waals surface area (Å²) in [5, 5.41) is 2.16. The topological polar surface area (TPSA) is 29.3 Å². The van der Waals surface area contributed by atoms with E-state index in [0.717, 1.165) is 13.1 Å². The molecule has 0 amide bonds. The molecule has 0 fully saturated rings. The van der Waals surface area contributed by atoms with Gasteiger partial charge in [-0.3, -0.25) is 4.90 Å². The van der Waals surface area contributed by atoms with E-state index in [1.807, 2.05) is 11.3 Å². The second-order valence-electron chi connectivity index (χ2n) is 5.13. The predicted octanol–water partition coefficient (Wildman–Crippen LogP) is 3.33. The molecular formula is C14H26N2S. The molecule has 3 heteroatoms. The molecule has 1 rings (SSSR count). The zero-order chi connectivity index (χ0) is 12.7. The van der Waals surface area contributed by atoms with Gasteiger partial charge in [-0.1, -0.05) is 13.0 Å². The Morgan fingerprint density at radius 3 is 2.65 bits per heavy atom. The van der Waals surface area contributed by atoms with Crippen molar-refractivity contribution in [2.75, 3.05) is 13.1 Å². The van der Waals surface area contributed by atoms with Crippen LogP contribution in [-0.4, -0.2) is 24.0 Å². The Hall–Kier alpha value is -0.380. The summed E-state index contributed by atoms with van der Waals surface area (Å²) < 4.78 is 0. The van der Waals surface area contributed by atoms with Gasteiger partial charge in [0.25, 0.3) is 0 Å². The van der Waals surface area contributed by atoms with E-state index in [4.69, 9.17) is 5.73 Å². The standard InChI is InChI=1S/C14H26N2S/c1-12(2)16(8-4-6-13(3)10-15)11-14-7-5-9-17-14/h5,7,9,12-13H,4,6,8,10-11,15H2,1-3H3. The number of thiophene rings is 1. The summed E-state index contributed by atoms with van der Waals surface area (Å²) in [6, 6.07) is 4.97. The van der Waals surface area contributed by atoms with Crippen LogP contribution in [0.4, 0.5) is 0 Å².